The molecule has 0 bridgehead atoms. The number of nitrogens with zero attached hydrogens (tertiary/aromatic N) is 4. The zero-order valence-electron chi connectivity index (χ0n) is 14.6. The van der Waals surface area contributed by atoms with Crippen LogP contribution in [-0.4, -0.2) is 62.4 Å². The van der Waals surface area contributed by atoms with Gasteiger partial charge in [0.25, 0.3) is 11.5 Å². The maximum Gasteiger partial charge on any atom is 0.328 e. The molecule has 0 atom stereocenters. The van der Waals surface area contributed by atoms with Gasteiger partial charge in [-0.25, -0.2) is 4.79 Å². The number of aromatic nitrogens is 3. The maximum atomic E-state index is 12.8. The van der Waals surface area contributed by atoms with E-state index in [1.54, 1.807) is 4.90 Å². The van der Waals surface area contributed by atoms with Crippen LogP contribution in [0, 0.1) is 0 Å². The molecule has 1 saturated heterocycles. The first-order valence-electron chi connectivity index (χ1n) is 8.71. The smallest absolute Gasteiger partial charge is 0.328 e. The van der Waals surface area contributed by atoms with Crippen molar-refractivity contribution in [3.63, 3.8) is 0 Å². The fraction of sp³-hybridized carbons (Fsp3) is 0.625. The summed E-state index contributed by atoms with van der Waals surface area (Å²) in [6.45, 7) is 8.38. The van der Waals surface area contributed by atoms with Crippen molar-refractivity contribution in [1.82, 2.24) is 23.7 Å². The molecular formula is C16H23N5O3S. The Morgan fingerprint density at radius 1 is 1.20 bits per heavy atom. The van der Waals surface area contributed by atoms with Crippen LogP contribution in [0.3, 0.4) is 0 Å². The third-order valence-electron chi connectivity index (χ3n) is 4.65. The first-order valence-corrected chi connectivity index (χ1v) is 9.48. The van der Waals surface area contributed by atoms with Gasteiger partial charge in [-0.2, -0.15) is 4.37 Å². The Balaban J connectivity index is 1.92. The lowest BCUT2D eigenvalue weighted by Crippen LogP contribution is -2.48. The van der Waals surface area contributed by atoms with Gasteiger partial charge in [-0.3, -0.25) is 14.2 Å². The summed E-state index contributed by atoms with van der Waals surface area (Å²) < 4.78 is 5.32. The number of hydrogen-bond donors (Lipinski definition) is 1. The molecular weight excluding hydrogens is 342 g/mol. The minimum atomic E-state index is -0.476. The summed E-state index contributed by atoms with van der Waals surface area (Å²) in [5.74, 6) is -0.162. The average molecular weight is 365 g/mol. The van der Waals surface area contributed by atoms with Gasteiger partial charge < -0.3 is 14.8 Å². The topological polar surface area (TPSA) is 91.3 Å². The molecule has 0 unspecified atom stereocenters. The highest BCUT2D eigenvalue weighted by molar-refractivity contribution is 7.09. The van der Waals surface area contributed by atoms with E-state index in [1.807, 2.05) is 6.92 Å². The number of hydrogen-bond acceptors (Lipinski definition) is 6. The van der Waals surface area contributed by atoms with E-state index in [4.69, 9.17) is 0 Å². The van der Waals surface area contributed by atoms with Crippen LogP contribution < -0.4 is 11.2 Å². The number of fused-ring (bicyclic) bond motifs is 1. The number of rotatable bonds is 5. The highest BCUT2D eigenvalue weighted by atomic mass is 32.1. The van der Waals surface area contributed by atoms with Crippen LogP contribution in [0.5, 0.6) is 0 Å². The molecule has 9 heteroatoms. The second-order valence-corrected chi connectivity index (χ2v) is 6.98. The highest BCUT2D eigenvalue weighted by Crippen LogP contribution is 2.19. The largest absolute Gasteiger partial charge is 0.335 e. The molecule has 0 spiro atoms. The van der Waals surface area contributed by atoms with Crippen LogP contribution >= 0.6 is 11.5 Å². The van der Waals surface area contributed by atoms with Gasteiger partial charge in [0.1, 0.15) is 4.88 Å². The second kappa shape index (κ2) is 7.49. The summed E-state index contributed by atoms with van der Waals surface area (Å²) in [6, 6.07) is 0. The first kappa shape index (κ1) is 17.8. The van der Waals surface area contributed by atoms with Crippen molar-refractivity contribution < 1.29 is 4.79 Å². The molecule has 0 aromatic carbocycles. The zero-order chi connectivity index (χ0) is 18.0. The molecule has 1 N–H and O–H groups in total. The molecule has 2 aromatic rings. The van der Waals surface area contributed by atoms with Crippen molar-refractivity contribution in [3.8, 4) is 0 Å². The van der Waals surface area contributed by atoms with E-state index in [0.29, 0.717) is 24.5 Å². The standard InChI is InChI=1S/C16H23N5O3S/c1-3-5-6-21-14(22)12-11(17-16(21)24)13(25-18-12)15(23)20-9-7-19(4-2)8-10-20/h3-10H2,1-2H3,(H,17,24). The van der Waals surface area contributed by atoms with Crippen LogP contribution in [0.2, 0.25) is 0 Å². The molecule has 3 heterocycles. The Hall–Kier alpha value is -2.00. The van der Waals surface area contributed by atoms with E-state index in [1.165, 1.54) is 4.57 Å². The summed E-state index contributed by atoms with van der Waals surface area (Å²) >= 11 is 0.988. The Kier molecular flexibility index (Phi) is 5.33. The Morgan fingerprint density at radius 3 is 2.56 bits per heavy atom. The van der Waals surface area contributed by atoms with Crippen LogP contribution in [0.15, 0.2) is 9.59 Å². The Labute approximate surface area is 149 Å². The minimum absolute atomic E-state index is 0.162. The van der Waals surface area contributed by atoms with Crippen LogP contribution in [0.25, 0.3) is 11.0 Å². The number of likely N-dealkylation sites (N-methyl/N-ethyl adjacent to an activating group) is 1. The van der Waals surface area contributed by atoms with Crippen molar-refractivity contribution in [2.75, 3.05) is 32.7 Å². The normalized spacial score (nSPS) is 15.8. The van der Waals surface area contributed by atoms with Gasteiger partial charge in [0.2, 0.25) is 0 Å². The lowest BCUT2D eigenvalue weighted by molar-refractivity contribution is 0.0649. The van der Waals surface area contributed by atoms with Gasteiger partial charge in [0.05, 0.1) is 5.52 Å². The number of amides is 1. The first-order chi connectivity index (χ1) is 12.1. The number of carbonyl (C=O) groups excluding carboxylic acids is 1. The number of unbranched alkanes of at least 4 members (excludes halogenated alkanes) is 1. The molecule has 1 aliphatic heterocycles. The van der Waals surface area contributed by atoms with Gasteiger partial charge in [0, 0.05) is 32.7 Å². The van der Waals surface area contributed by atoms with E-state index in [0.717, 1.165) is 44.0 Å². The molecule has 8 nitrogen and oxygen atoms in total. The number of aromatic amines is 1. The Bertz CT molecular complexity index is 876. The van der Waals surface area contributed by atoms with Crippen LogP contribution in [-0.2, 0) is 6.54 Å². The van der Waals surface area contributed by atoms with Crippen molar-refractivity contribution >= 4 is 28.5 Å². The second-order valence-electron chi connectivity index (χ2n) is 6.20. The maximum absolute atomic E-state index is 12.8. The molecule has 0 aliphatic carbocycles. The number of nitrogens with one attached hydrogen (secondary N) is 1. The van der Waals surface area contributed by atoms with Crippen molar-refractivity contribution in [1.29, 1.82) is 0 Å². The summed E-state index contributed by atoms with van der Waals surface area (Å²) in [5, 5.41) is 0. The molecule has 1 aliphatic rings. The van der Waals surface area contributed by atoms with Crippen molar-refractivity contribution in [2.45, 2.75) is 33.2 Å². The number of H-pyrrole nitrogens is 1. The summed E-state index contributed by atoms with van der Waals surface area (Å²) in [4.78, 5) is 44.6. The van der Waals surface area contributed by atoms with E-state index in [-0.39, 0.29) is 16.9 Å². The van der Waals surface area contributed by atoms with E-state index in [2.05, 4.69) is 21.2 Å². The third kappa shape index (κ3) is 3.38. The molecule has 3 rings (SSSR count). The van der Waals surface area contributed by atoms with E-state index >= 15 is 0 Å². The number of piperazine rings is 1. The SMILES string of the molecule is CCCCn1c(=O)[nH]c2c(C(=O)N3CCN(CC)CC3)snc2c1=O. The monoisotopic (exact) mass is 365 g/mol. The van der Waals surface area contributed by atoms with Crippen LogP contribution in [0.1, 0.15) is 36.4 Å². The number of carbonyl (C=O) groups is 1. The predicted octanol–water partition coefficient (Wildman–Crippen LogP) is 0.724. The molecule has 25 heavy (non-hydrogen) atoms. The van der Waals surface area contributed by atoms with Gasteiger partial charge in [0.15, 0.2) is 5.52 Å². The predicted molar refractivity (Wildman–Crippen MR) is 97.4 cm³/mol. The van der Waals surface area contributed by atoms with Gasteiger partial charge in [-0.05, 0) is 24.5 Å². The summed E-state index contributed by atoms with van der Waals surface area (Å²) in [6.07, 6.45) is 1.63. The van der Waals surface area contributed by atoms with Crippen LogP contribution in [0.4, 0.5) is 0 Å². The molecule has 0 saturated carbocycles. The minimum Gasteiger partial charge on any atom is -0.335 e. The van der Waals surface area contributed by atoms with E-state index in [9.17, 15) is 14.4 Å². The molecule has 2 aromatic heterocycles. The molecule has 1 fully saturated rings. The lowest BCUT2D eigenvalue weighted by Gasteiger charge is -2.33. The lowest BCUT2D eigenvalue weighted by atomic mass is 10.2. The fourth-order valence-corrected chi connectivity index (χ4v) is 3.82. The summed E-state index contributed by atoms with van der Waals surface area (Å²) in [7, 11) is 0. The summed E-state index contributed by atoms with van der Waals surface area (Å²) in [5.41, 5.74) is -0.443. The van der Waals surface area contributed by atoms with Gasteiger partial charge >= 0.3 is 5.69 Å². The van der Waals surface area contributed by atoms with E-state index < -0.39 is 11.2 Å². The fourth-order valence-electron chi connectivity index (χ4n) is 3.02. The molecule has 1 amide bonds. The zero-order valence-corrected chi connectivity index (χ0v) is 15.4. The van der Waals surface area contributed by atoms with Crippen molar-refractivity contribution in [3.05, 3.63) is 25.7 Å². The molecule has 0 radical (unpaired) electrons. The quantitative estimate of drug-likeness (QED) is 0.843. The Morgan fingerprint density at radius 2 is 1.92 bits per heavy atom. The highest BCUT2D eigenvalue weighted by Gasteiger charge is 2.26. The third-order valence-corrected chi connectivity index (χ3v) is 5.49. The van der Waals surface area contributed by atoms with Gasteiger partial charge in [-0.1, -0.05) is 20.3 Å². The molecule has 136 valence electrons. The van der Waals surface area contributed by atoms with Crippen molar-refractivity contribution in [2.24, 2.45) is 0 Å². The van der Waals surface area contributed by atoms with Gasteiger partial charge in [-0.15, -0.1) is 0 Å². The average Bonchev–Trinajstić information content (AvgIpc) is 3.05.